The molecule has 0 spiro atoms. The predicted molar refractivity (Wildman–Crippen MR) is 93.4 cm³/mol. The van der Waals surface area contributed by atoms with Gasteiger partial charge in [0.2, 0.25) is 0 Å². The van der Waals surface area contributed by atoms with Crippen LogP contribution in [0.25, 0.3) is 0 Å². The molecule has 0 aliphatic carbocycles. The lowest BCUT2D eigenvalue weighted by Gasteiger charge is -2.14. The summed E-state index contributed by atoms with van der Waals surface area (Å²) in [4.78, 5) is 0. The molecule has 0 aliphatic heterocycles. The molecular formula is C17H19BrClNO. The van der Waals surface area contributed by atoms with Crippen molar-refractivity contribution in [3.63, 3.8) is 0 Å². The van der Waals surface area contributed by atoms with Gasteiger partial charge >= 0.3 is 0 Å². The summed E-state index contributed by atoms with van der Waals surface area (Å²) >= 11 is 9.50. The summed E-state index contributed by atoms with van der Waals surface area (Å²) in [7, 11) is 0. The van der Waals surface area contributed by atoms with Crippen LogP contribution in [0, 0.1) is 6.92 Å². The summed E-state index contributed by atoms with van der Waals surface area (Å²) in [6.45, 7) is 6.86. The molecule has 0 radical (unpaired) electrons. The third-order valence-corrected chi connectivity index (χ3v) is 4.27. The first-order chi connectivity index (χ1) is 9.95. The minimum absolute atomic E-state index is 0.188. The minimum atomic E-state index is 0.188. The standard InChI is InChI=1S/C17H19BrClNO/c1-11(2)21-14-5-7-17(12(3)8-14)20-10-13-4-6-15(18)16(19)9-13/h4-9,11,20H,10H2,1-3H3. The smallest absolute Gasteiger partial charge is 0.120 e. The largest absolute Gasteiger partial charge is 0.491 e. The molecule has 2 nitrogen and oxygen atoms in total. The van der Waals surface area contributed by atoms with Crippen molar-refractivity contribution in [1.29, 1.82) is 0 Å². The van der Waals surface area contributed by atoms with Gasteiger partial charge in [-0.3, -0.25) is 0 Å². The lowest BCUT2D eigenvalue weighted by atomic mass is 10.1. The molecule has 0 fully saturated rings. The van der Waals surface area contributed by atoms with Gasteiger partial charge in [0.1, 0.15) is 5.75 Å². The summed E-state index contributed by atoms with van der Waals surface area (Å²) in [5.74, 6) is 0.903. The first-order valence-electron chi connectivity index (χ1n) is 6.91. The van der Waals surface area contributed by atoms with E-state index in [1.165, 1.54) is 0 Å². The van der Waals surface area contributed by atoms with Gasteiger partial charge in [-0.1, -0.05) is 17.7 Å². The molecule has 0 heterocycles. The molecular weight excluding hydrogens is 350 g/mol. The average Bonchev–Trinajstić information content (AvgIpc) is 2.41. The van der Waals surface area contributed by atoms with Crippen molar-refractivity contribution < 1.29 is 4.74 Å². The predicted octanol–water partition coefficient (Wildman–Crippen LogP) is 5.81. The number of hydrogen-bond donors (Lipinski definition) is 1. The van der Waals surface area contributed by atoms with Crippen LogP contribution in [0.1, 0.15) is 25.0 Å². The second-order valence-corrected chi connectivity index (χ2v) is 6.51. The molecule has 2 aromatic carbocycles. The quantitative estimate of drug-likeness (QED) is 0.719. The van der Waals surface area contributed by atoms with E-state index in [0.717, 1.165) is 38.6 Å². The molecule has 0 saturated heterocycles. The van der Waals surface area contributed by atoms with E-state index in [9.17, 15) is 0 Å². The first kappa shape index (κ1) is 16.2. The van der Waals surface area contributed by atoms with Crippen molar-refractivity contribution in [3.8, 4) is 5.75 Å². The topological polar surface area (TPSA) is 21.3 Å². The van der Waals surface area contributed by atoms with Gasteiger partial charge in [0.25, 0.3) is 0 Å². The van der Waals surface area contributed by atoms with E-state index in [0.29, 0.717) is 0 Å². The number of halogens is 2. The maximum absolute atomic E-state index is 6.10. The number of aryl methyl sites for hydroxylation is 1. The zero-order chi connectivity index (χ0) is 15.4. The fourth-order valence-electron chi connectivity index (χ4n) is 2.03. The van der Waals surface area contributed by atoms with Crippen molar-refractivity contribution >= 4 is 33.2 Å². The summed E-state index contributed by atoms with van der Waals surface area (Å²) in [5, 5.41) is 4.16. The van der Waals surface area contributed by atoms with Crippen molar-refractivity contribution in [3.05, 3.63) is 57.0 Å². The van der Waals surface area contributed by atoms with E-state index < -0.39 is 0 Å². The Morgan fingerprint density at radius 1 is 1.19 bits per heavy atom. The molecule has 112 valence electrons. The fourth-order valence-corrected chi connectivity index (χ4v) is 2.48. The maximum Gasteiger partial charge on any atom is 0.120 e. The summed E-state index contributed by atoms with van der Waals surface area (Å²) in [6, 6.07) is 12.1. The van der Waals surface area contributed by atoms with Crippen LogP contribution < -0.4 is 10.1 Å². The van der Waals surface area contributed by atoms with Gasteiger partial charge in [-0.25, -0.2) is 0 Å². The maximum atomic E-state index is 6.10. The Hall–Kier alpha value is -1.19. The van der Waals surface area contributed by atoms with E-state index in [2.05, 4.69) is 40.3 Å². The molecule has 0 unspecified atom stereocenters. The third kappa shape index (κ3) is 4.65. The van der Waals surface area contributed by atoms with Gasteiger partial charge in [-0.05, 0) is 78.2 Å². The van der Waals surface area contributed by atoms with Crippen molar-refractivity contribution in [2.75, 3.05) is 5.32 Å². The van der Waals surface area contributed by atoms with E-state index in [1.54, 1.807) is 0 Å². The normalized spacial score (nSPS) is 10.8. The van der Waals surface area contributed by atoms with Crippen LogP contribution in [0.5, 0.6) is 5.75 Å². The molecule has 0 saturated carbocycles. The second-order valence-electron chi connectivity index (χ2n) is 5.25. The molecule has 0 atom stereocenters. The lowest BCUT2D eigenvalue weighted by molar-refractivity contribution is 0.242. The van der Waals surface area contributed by atoms with E-state index in [4.69, 9.17) is 16.3 Å². The number of anilines is 1. The minimum Gasteiger partial charge on any atom is -0.491 e. The van der Waals surface area contributed by atoms with Gasteiger partial charge in [0, 0.05) is 16.7 Å². The van der Waals surface area contributed by atoms with Crippen LogP contribution in [0.2, 0.25) is 5.02 Å². The van der Waals surface area contributed by atoms with Crippen LogP contribution in [-0.2, 0) is 6.54 Å². The number of rotatable bonds is 5. The lowest BCUT2D eigenvalue weighted by Crippen LogP contribution is -2.06. The highest BCUT2D eigenvalue weighted by atomic mass is 79.9. The zero-order valence-electron chi connectivity index (χ0n) is 12.4. The fraction of sp³-hybridized carbons (Fsp3) is 0.294. The highest BCUT2D eigenvalue weighted by Crippen LogP contribution is 2.25. The Balaban J connectivity index is 2.04. The first-order valence-corrected chi connectivity index (χ1v) is 8.08. The molecule has 0 aliphatic rings. The number of ether oxygens (including phenoxy) is 1. The van der Waals surface area contributed by atoms with Crippen LogP contribution >= 0.6 is 27.5 Å². The van der Waals surface area contributed by atoms with Crippen molar-refractivity contribution in [2.24, 2.45) is 0 Å². The van der Waals surface area contributed by atoms with Crippen molar-refractivity contribution in [2.45, 2.75) is 33.4 Å². The third-order valence-electron chi connectivity index (χ3n) is 3.04. The second kappa shape index (κ2) is 7.19. The number of nitrogens with one attached hydrogen (secondary N) is 1. The van der Waals surface area contributed by atoms with Gasteiger partial charge < -0.3 is 10.1 Å². The van der Waals surface area contributed by atoms with Gasteiger partial charge in [0.15, 0.2) is 0 Å². The summed E-state index contributed by atoms with van der Waals surface area (Å²) in [5.41, 5.74) is 3.41. The molecule has 0 bridgehead atoms. The van der Waals surface area contributed by atoms with Crippen LogP contribution in [0.4, 0.5) is 5.69 Å². The molecule has 2 aromatic rings. The van der Waals surface area contributed by atoms with E-state index in [-0.39, 0.29) is 6.10 Å². The van der Waals surface area contributed by atoms with Gasteiger partial charge in [-0.15, -0.1) is 0 Å². The van der Waals surface area contributed by atoms with Crippen LogP contribution in [-0.4, -0.2) is 6.10 Å². The Kier molecular flexibility index (Phi) is 5.54. The van der Waals surface area contributed by atoms with Gasteiger partial charge in [0.05, 0.1) is 11.1 Å². The number of hydrogen-bond acceptors (Lipinski definition) is 2. The van der Waals surface area contributed by atoms with Crippen LogP contribution in [0.15, 0.2) is 40.9 Å². The summed E-state index contributed by atoms with van der Waals surface area (Å²) < 4.78 is 6.61. The summed E-state index contributed by atoms with van der Waals surface area (Å²) in [6.07, 6.45) is 0.188. The Morgan fingerprint density at radius 2 is 1.95 bits per heavy atom. The monoisotopic (exact) mass is 367 g/mol. The van der Waals surface area contributed by atoms with E-state index >= 15 is 0 Å². The highest BCUT2D eigenvalue weighted by molar-refractivity contribution is 9.10. The molecule has 21 heavy (non-hydrogen) atoms. The molecule has 1 N–H and O–H groups in total. The van der Waals surface area contributed by atoms with Crippen molar-refractivity contribution in [1.82, 2.24) is 0 Å². The van der Waals surface area contributed by atoms with Crippen LogP contribution in [0.3, 0.4) is 0 Å². The molecule has 2 rings (SSSR count). The SMILES string of the molecule is Cc1cc(OC(C)C)ccc1NCc1ccc(Br)c(Cl)c1. The Labute approximate surface area is 139 Å². The number of benzene rings is 2. The zero-order valence-corrected chi connectivity index (χ0v) is 14.8. The Morgan fingerprint density at radius 3 is 2.57 bits per heavy atom. The van der Waals surface area contributed by atoms with Gasteiger partial charge in [-0.2, -0.15) is 0 Å². The highest BCUT2D eigenvalue weighted by Gasteiger charge is 2.04. The molecule has 4 heteroatoms. The Bertz CT molecular complexity index is 628. The van der Waals surface area contributed by atoms with E-state index in [1.807, 2.05) is 38.1 Å². The average molecular weight is 369 g/mol. The molecule has 0 amide bonds. The molecule has 0 aromatic heterocycles.